The largest absolute Gasteiger partial charge is 0.494 e. The number of anilines is 1. The van der Waals surface area contributed by atoms with Crippen molar-refractivity contribution in [2.45, 2.75) is 27.2 Å². The molecule has 5 heteroatoms. The molecule has 1 aromatic heterocycles. The van der Waals surface area contributed by atoms with Gasteiger partial charge in [-0.3, -0.25) is 4.79 Å². The number of pyridine rings is 1. The minimum Gasteiger partial charge on any atom is -0.494 e. The summed E-state index contributed by atoms with van der Waals surface area (Å²) >= 11 is 0. The van der Waals surface area contributed by atoms with E-state index in [0.29, 0.717) is 23.8 Å². The summed E-state index contributed by atoms with van der Waals surface area (Å²) in [7, 11) is 0. The number of carbonyl (C=O) groups is 1. The van der Waals surface area contributed by atoms with Crippen LogP contribution >= 0.6 is 0 Å². The van der Waals surface area contributed by atoms with E-state index >= 15 is 0 Å². The molecule has 22 heavy (non-hydrogen) atoms. The molecule has 0 aliphatic rings. The highest BCUT2D eigenvalue weighted by molar-refractivity contribution is 5.70. The quantitative estimate of drug-likeness (QED) is 0.560. The molecule has 1 aromatic rings. The first-order chi connectivity index (χ1) is 10.4. The topological polar surface area (TPSA) is 62.7 Å². The highest BCUT2D eigenvalue weighted by Crippen LogP contribution is 2.13. The van der Waals surface area contributed by atoms with Gasteiger partial charge in [0, 0.05) is 18.9 Å². The lowest BCUT2D eigenvalue weighted by Gasteiger charge is -2.17. The normalized spacial score (nSPS) is 10.9. The summed E-state index contributed by atoms with van der Waals surface area (Å²) in [5.41, 5.74) is 0.681. The van der Waals surface area contributed by atoms with E-state index < -0.39 is 5.97 Å². The zero-order valence-corrected chi connectivity index (χ0v) is 13.5. The van der Waals surface area contributed by atoms with Crippen molar-refractivity contribution < 1.29 is 14.6 Å². The van der Waals surface area contributed by atoms with Gasteiger partial charge in [-0.25, -0.2) is 4.98 Å². The molecule has 0 spiro atoms. The van der Waals surface area contributed by atoms with Crippen molar-refractivity contribution in [3.05, 3.63) is 48.5 Å². The van der Waals surface area contributed by atoms with E-state index in [1.807, 2.05) is 24.1 Å². The maximum atomic E-state index is 10.7. The van der Waals surface area contributed by atoms with Gasteiger partial charge in [0.2, 0.25) is 0 Å². The van der Waals surface area contributed by atoms with E-state index in [1.54, 1.807) is 18.3 Å². The second-order valence-corrected chi connectivity index (χ2v) is 5.37. The molecular weight excluding hydrogens is 280 g/mol. The molecule has 5 nitrogen and oxygen atoms in total. The van der Waals surface area contributed by atoms with Crippen LogP contribution in [0.2, 0.25) is 0 Å². The Hall–Kier alpha value is -2.30. The van der Waals surface area contributed by atoms with Crippen LogP contribution in [0.5, 0.6) is 0 Å². The van der Waals surface area contributed by atoms with Gasteiger partial charge in [-0.05, 0) is 30.5 Å². The minimum atomic E-state index is -0.861. The van der Waals surface area contributed by atoms with Gasteiger partial charge in [0.25, 0.3) is 0 Å². The molecule has 0 bridgehead atoms. The molecule has 0 aromatic carbocycles. The third-order valence-electron chi connectivity index (χ3n) is 2.84. The standard InChI is InChI=1S/C17H24N2O3/c1-5-19(9-8-14(4)22-12-13(2)3)16-7-6-15(11-18-16)10-17(20)21/h6-9,11,13H,4-5,10,12H2,1-3H3,(H,20,21)/b9-8+. The number of carboxylic acid groups (broad SMARTS) is 1. The Bertz CT molecular complexity index is 521. The predicted molar refractivity (Wildman–Crippen MR) is 87.7 cm³/mol. The van der Waals surface area contributed by atoms with Crippen molar-refractivity contribution in [3.8, 4) is 0 Å². The number of aromatic nitrogens is 1. The average Bonchev–Trinajstić information content (AvgIpc) is 2.46. The average molecular weight is 304 g/mol. The molecular formula is C17H24N2O3. The molecule has 0 aliphatic carbocycles. The summed E-state index contributed by atoms with van der Waals surface area (Å²) in [6.07, 6.45) is 5.24. The second-order valence-electron chi connectivity index (χ2n) is 5.37. The minimum absolute atomic E-state index is 0.0188. The summed E-state index contributed by atoms with van der Waals surface area (Å²) in [6.45, 7) is 11.4. The van der Waals surface area contributed by atoms with Gasteiger partial charge in [0.15, 0.2) is 0 Å². The van der Waals surface area contributed by atoms with Crippen LogP contribution in [-0.4, -0.2) is 29.2 Å². The molecule has 0 aliphatic heterocycles. The first-order valence-corrected chi connectivity index (χ1v) is 7.35. The van der Waals surface area contributed by atoms with Crippen molar-refractivity contribution in [1.82, 2.24) is 4.98 Å². The van der Waals surface area contributed by atoms with Crippen molar-refractivity contribution in [2.24, 2.45) is 5.92 Å². The fourth-order valence-corrected chi connectivity index (χ4v) is 1.70. The van der Waals surface area contributed by atoms with E-state index in [4.69, 9.17) is 9.84 Å². The van der Waals surface area contributed by atoms with E-state index in [2.05, 4.69) is 25.4 Å². The molecule has 0 unspecified atom stereocenters. The van der Waals surface area contributed by atoms with Crippen molar-refractivity contribution in [1.29, 1.82) is 0 Å². The highest BCUT2D eigenvalue weighted by Gasteiger charge is 2.05. The zero-order valence-electron chi connectivity index (χ0n) is 13.5. The molecule has 0 saturated heterocycles. The van der Waals surface area contributed by atoms with Crippen molar-refractivity contribution in [3.63, 3.8) is 0 Å². The van der Waals surface area contributed by atoms with Gasteiger partial charge < -0.3 is 14.7 Å². The van der Waals surface area contributed by atoms with Gasteiger partial charge in [0.1, 0.15) is 11.6 Å². The number of rotatable bonds is 9. The molecule has 0 atom stereocenters. The first kappa shape index (κ1) is 17.8. The van der Waals surface area contributed by atoms with Crippen LogP contribution in [0.15, 0.2) is 42.9 Å². The SMILES string of the molecule is C=C(/C=C/N(CC)c1ccc(CC(=O)O)cn1)OCC(C)C. The smallest absolute Gasteiger partial charge is 0.307 e. The van der Waals surface area contributed by atoms with Gasteiger partial charge in [0.05, 0.1) is 13.0 Å². The maximum Gasteiger partial charge on any atom is 0.307 e. The predicted octanol–water partition coefficient (Wildman–Crippen LogP) is 3.24. The van der Waals surface area contributed by atoms with Crippen LogP contribution in [0.4, 0.5) is 5.82 Å². The fourth-order valence-electron chi connectivity index (χ4n) is 1.70. The number of hydrogen-bond acceptors (Lipinski definition) is 4. The van der Waals surface area contributed by atoms with Crippen molar-refractivity contribution in [2.75, 3.05) is 18.1 Å². The summed E-state index contributed by atoms with van der Waals surface area (Å²) in [5, 5.41) is 8.75. The van der Waals surface area contributed by atoms with Gasteiger partial charge >= 0.3 is 5.97 Å². The van der Waals surface area contributed by atoms with Crippen LogP contribution in [0.1, 0.15) is 26.3 Å². The number of hydrogen-bond donors (Lipinski definition) is 1. The first-order valence-electron chi connectivity index (χ1n) is 7.35. The van der Waals surface area contributed by atoms with E-state index in [-0.39, 0.29) is 6.42 Å². The Morgan fingerprint density at radius 2 is 2.23 bits per heavy atom. The van der Waals surface area contributed by atoms with Crippen LogP contribution in [0.3, 0.4) is 0 Å². The molecule has 0 radical (unpaired) electrons. The fraction of sp³-hybridized carbons (Fsp3) is 0.412. The van der Waals surface area contributed by atoms with E-state index in [0.717, 1.165) is 12.4 Å². The van der Waals surface area contributed by atoms with Crippen molar-refractivity contribution >= 4 is 11.8 Å². The Kier molecular flexibility index (Phi) is 7.16. The number of nitrogens with zero attached hydrogens (tertiary/aromatic N) is 2. The maximum absolute atomic E-state index is 10.7. The molecule has 1 N–H and O–H groups in total. The third kappa shape index (κ3) is 6.43. The molecule has 0 fully saturated rings. The Morgan fingerprint density at radius 3 is 2.73 bits per heavy atom. The summed E-state index contributed by atoms with van der Waals surface area (Å²) < 4.78 is 5.50. The summed E-state index contributed by atoms with van der Waals surface area (Å²) in [5.74, 6) is 0.954. The lowest BCUT2D eigenvalue weighted by Crippen LogP contribution is -2.16. The van der Waals surface area contributed by atoms with Gasteiger partial charge in [-0.1, -0.05) is 26.5 Å². The van der Waals surface area contributed by atoms with Crippen LogP contribution < -0.4 is 4.90 Å². The molecule has 0 saturated carbocycles. The highest BCUT2D eigenvalue weighted by atomic mass is 16.5. The molecule has 0 amide bonds. The number of carboxylic acids is 1. The van der Waals surface area contributed by atoms with Crippen LogP contribution in [0.25, 0.3) is 0 Å². The zero-order chi connectivity index (χ0) is 16.5. The second kappa shape index (κ2) is 8.87. The third-order valence-corrected chi connectivity index (χ3v) is 2.84. The molecule has 1 rings (SSSR count). The monoisotopic (exact) mass is 304 g/mol. The van der Waals surface area contributed by atoms with E-state index in [9.17, 15) is 4.79 Å². The summed E-state index contributed by atoms with van der Waals surface area (Å²) in [4.78, 5) is 16.9. The lowest BCUT2D eigenvalue weighted by molar-refractivity contribution is -0.136. The Balaban J connectivity index is 2.67. The van der Waals surface area contributed by atoms with Gasteiger partial charge in [-0.2, -0.15) is 0 Å². The summed E-state index contributed by atoms with van der Waals surface area (Å²) in [6, 6.07) is 3.58. The van der Waals surface area contributed by atoms with Gasteiger partial charge in [-0.15, -0.1) is 0 Å². The lowest BCUT2D eigenvalue weighted by atomic mass is 10.2. The number of aliphatic carboxylic acids is 1. The van der Waals surface area contributed by atoms with E-state index in [1.165, 1.54) is 0 Å². The number of allylic oxidation sites excluding steroid dienone is 1. The molecule has 120 valence electrons. The molecule has 1 heterocycles. The Morgan fingerprint density at radius 1 is 1.50 bits per heavy atom. The van der Waals surface area contributed by atoms with Crippen LogP contribution in [0, 0.1) is 5.92 Å². The van der Waals surface area contributed by atoms with Crippen LogP contribution in [-0.2, 0) is 16.0 Å². The number of ether oxygens (including phenoxy) is 1. The Labute approximate surface area is 131 Å².